The number of thiophene rings is 1. The van der Waals surface area contributed by atoms with E-state index >= 15 is 0 Å². The van der Waals surface area contributed by atoms with Crippen molar-refractivity contribution in [1.82, 2.24) is 15.0 Å². The quantitative estimate of drug-likeness (QED) is 0.641. The Bertz CT molecular complexity index is 835. The van der Waals surface area contributed by atoms with Crippen molar-refractivity contribution >= 4 is 33.3 Å². The lowest BCUT2D eigenvalue weighted by Crippen LogP contribution is -2.13. The van der Waals surface area contributed by atoms with Crippen LogP contribution in [-0.4, -0.2) is 32.4 Å². The maximum Gasteiger partial charge on any atom is 0.224 e. The molecule has 0 amide bonds. The predicted molar refractivity (Wildman–Crippen MR) is 94.3 cm³/mol. The van der Waals surface area contributed by atoms with Gasteiger partial charge in [-0.25, -0.2) is 9.97 Å². The van der Waals surface area contributed by atoms with Crippen LogP contribution in [-0.2, 0) is 0 Å². The van der Waals surface area contributed by atoms with E-state index in [4.69, 9.17) is 5.11 Å². The summed E-state index contributed by atoms with van der Waals surface area (Å²) in [6, 6.07) is 7.51. The van der Waals surface area contributed by atoms with Gasteiger partial charge in [0.15, 0.2) is 5.78 Å². The molecule has 0 spiro atoms. The molecule has 0 aliphatic heterocycles. The summed E-state index contributed by atoms with van der Waals surface area (Å²) in [7, 11) is 0. The maximum absolute atomic E-state index is 12.4. The summed E-state index contributed by atoms with van der Waals surface area (Å²) < 4.78 is 0.786. The maximum atomic E-state index is 12.4. The van der Waals surface area contributed by atoms with Crippen molar-refractivity contribution in [2.45, 2.75) is 25.8 Å². The molecule has 0 aliphatic carbocycles. The molecule has 3 rings (SSSR count). The molecular formula is C17H18N4O2S. The van der Waals surface area contributed by atoms with Gasteiger partial charge in [0, 0.05) is 19.2 Å². The highest BCUT2D eigenvalue weighted by atomic mass is 32.1. The van der Waals surface area contributed by atoms with Gasteiger partial charge in [-0.15, -0.1) is 11.3 Å². The molecule has 1 atom stereocenters. The summed E-state index contributed by atoms with van der Waals surface area (Å²) in [6.45, 7) is 1.96. The number of anilines is 1. The van der Waals surface area contributed by atoms with Crippen molar-refractivity contribution in [3.05, 3.63) is 47.2 Å². The number of Topliss-reactive ketones (excluding diaryl/α,β-unsaturated/α-hetero) is 1. The average Bonchev–Trinajstić information content (AvgIpc) is 3.08. The Hall–Kier alpha value is -2.38. The highest BCUT2D eigenvalue weighted by Gasteiger charge is 2.17. The van der Waals surface area contributed by atoms with Crippen LogP contribution in [0.5, 0.6) is 0 Å². The second kappa shape index (κ2) is 7.46. The van der Waals surface area contributed by atoms with E-state index < -0.39 is 0 Å². The zero-order valence-electron chi connectivity index (χ0n) is 13.3. The summed E-state index contributed by atoms with van der Waals surface area (Å²) >= 11 is 1.45. The van der Waals surface area contributed by atoms with E-state index in [0.717, 1.165) is 15.9 Å². The molecule has 0 aromatic carbocycles. The largest absolute Gasteiger partial charge is 0.396 e. The second-order valence-electron chi connectivity index (χ2n) is 5.40. The minimum Gasteiger partial charge on any atom is -0.396 e. The lowest BCUT2D eigenvalue weighted by atomic mass is 10.1. The Morgan fingerprint density at radius 3 is 2.96 bits per heavy atom. The van der Waals surface area contributed by atoms with Gasteiger partial charge < -0.3 is 10.4 Å². The average molecular weight is 342 g/mol. The first-order valence-electron chi connectivity index (χ1n) is 7.76. The van der Waals surface area contributed by atoms with E-state index in [1.54, 1.807) is 6.20 Å². The number of hydrogen-bond donors (Lipinski definition) is 2. The first kappa shape index (κ1) is 16.5. The number of hydrogen-bond acceptors (Lipinski definition) is 7. The first-order valence-corrected chi connectivity index (χ1v) is 8.64. The molecule has 3 heterocycles. The molecule has 6 nitrogen and oxygen atoms in total. The van der Waals surface area contributed by atoms with Gasteiger partial charge in [0.1, 0.15) is 5.69 Å². The predicted octanol–water partition coefficient (Wildman–Crippen LogP) is 3.21. The van der Waals surface area contributed by atoms with Crippen LogP contribution in [0.2, 0.25) is 0 Å². The number of rotatable bonds is 7. The first-order chi connectivity index (χ1) is 11.7. The fourth-order valence-corrected chi connectivity index (χ4v) is 3.21. The molecule has 0 radical (unpaired) electrons. The minimum absolute atomic E-state index is 0.00771. The van der Waals surface area contributed by atoms with Crippen LogP contribution in [0.25, 0.3) is 10.2 Å². The number of pyridine rings is 1. The van der Waals surface area contributed by atoms with E-state index in [1.165, 1.54) is 11.3 Å². The fourth-order valence-electron chi connectivity index (χ4n) is 2.37. The van der Waals surface area contributed by atoms with Crippen molar-refractivity contribution < 1.29 is 9.90 Å². The smallest absolute Gasteiger partial charge is 0.224 e. The van der Waals surface area contributed by atoms with Crippen LogP contribution in [0.3, 0.4) is 0 Å². The van der Waals surface area contributed by atoms with Crippen LogP contribution in [0.1, 0.15) is 42.0 Å². The van der Waals surface area contributed by atoms with Crippen LogP contribution < -0.4 is 5.32 Å². The monoisotopic (exact) mass is 342 g/mol. The van der Waals surface area contributed by atoms with E-state index in [0.29, 0.717) is 18.1 Å². The summed E-state index contributed by atoms with van der Waals surface area (Å²) in [6.07, 6.45) is 2.44. The number of aromatic nitrogens is 3. The Morgan fingerprint density at radius 1 is 1.33 bits per heavy atom. The van der Waals surface area contributed by atoms with E-state index in [2.05, 4.69) is 20.3 Å². The van der Waals surface area contributed by atoms with Crippen LogP contribution >= 0.6 is 11.3 Å². The molecule has 7 heteroatoms. The Kier molecular flexibility index (Phi) is 5.12. The third kappa shape index (κ3) is 3.58. The molecule has 124 valence electrons. The van der Waals surface area contributed by atoms with Crippen LogP contribution in [0, 0.1) is 0 Å². The van der Waals surface area contributed by atoms with E-state index in [1.807, 2.05) is 36.6 Å². The number of nitrogens with one attached hydrogen (secondary N) is 1. The molecule has 0 saturated heterocycles. The van der Waals surface area contributed by atoms with Gasteiger partial charge in [-0.05, 0) is 36.9 Å². The summed E-state index contributed by atoms with van der Waals surface area (Å²) in [5.41, 5.74) is 2.04. The molecule has 2 N–H and O–H groups in total. The number of carbonyl (C=O) groups excluding carboxylic acids is 1. The van der Waals surface area contributed by atoms with Crippen molar-refractivity contribution in [1.29, 1.82) is 0 Å². The number of carbonyl (C=O) groups is 1. The van der Waals surface area contributed by atoms with Crippen molar-refractivity contribution in [3.8, 4) is 0 Å². The molecule has 0 fully saturated rings. The van der Waals surface area contributed by atoms with Gasteiger partial charge >= 0.3 is 0 Å². The van der Waals surface area contributed by atoms with Gasteiger partial charge in [0.2, 0.25) is 5.95 Å². The van der Waals surface area contributed by atoms with E-state index in [9.17, 15) is 4.79 Å². The zero-order chi connectivity index (χ0) is 16.9. The van der Waals surface area contributed by atoms with Crippen LogP contribution in [0.4, 0.5) is 5.95 Å². The highest BCUT2D eigenvalue weighted by molar-refractivity contribution is 7.17. The van der Waals surface area contributed by atoms with Crippen molar-refractivity contribution in [3.63, 3.8) is 0 Å². The van der Waals surface area contributed by atoms with Gasteiger partial charge in [0.25, 0.3) is 0 Å². The number of aliphatic hydroxyl groups excluding tert-OH is 1. The third-order valence-electron chi connectivity index (χ3n) is 3.61. The number of nitrogens with zero attached hydrogens (tertiary/aromatic N) is 3. The number of ketones is 1. The SMILES string of the molecule is C[C@H](Nc1nc(C(=O)CCCO)c2sccc2n1)c1ccccn1. The number of aliphatic hydroxyl groups is 1. The van der Waals surface area contributed by atoms with Crippen molar-refractivity contribution in [2.75, 3.05) is 11.9 Å². The summed E-state index contributed by atoms with van der Waals surface area (Å²) in [5, 5.41) is 14.0. The molecular weight excluding hydrogens is 324 g/mol. The highest BCUT2D eigenvalue weighted by Crippen LogP contribution is 2.26. The molecule has 24 heavy (non-hydrogen) atoms. The molecule has 3 aromatic rings. The Balaban J connectivity index is 1.90. The lowest BCUT2D eigenvalue weighted by Gasteiger charge is -2.14. The topological polar surface area (TPSA) is 88.0 Å². The van der Waals surface area contributed by atoms with Gasteiger partial charge in [0.05, 0.1) is 22.0 Å². The fraction of sp³-hybridized carbons (Fsp3) is 0.294. The van der Waals surface area contributed by atoms with E-state index in [-0.39, 0.29) is 24.9 Å². The molecule has 0 bridgehead atoms. The Morgan fingerprint density at radius 2 is 2.21 bits per heavy atom. The van der Waals surface area contributed by atoms with Gasteiger partial charge in [-0.2, -0.15) is 0 Å². The molecule has 0 aliphatic rings. The van der Waals surface area contributed by atoms with Gasteiger partial charge in [-0.3, -0.25) is 9.78 Å². The van der Waals surface area contributed by atoms with Crippen LogP contribution in [0.15, 0.2) is 35.8 Å². The molecule has 3 aromatic heterocycles. The Labute approximate surface area is 143 Å². The standard InChI is InChI=1S/C17H18N4O2S/c1-11(12-5-2-3-8-18-12)19-17-20-13-7-10-24-16(13)15(21-17)14(23)6-4-9-22/h2-3,5,7-8,10-11,22H,4,6,9H2,1H3,(H,19,20,21)/t11-/m0/s1. The normalized spacial score (nSPS) is 12.2. The number of fused-ring (bicyclic) bond motifs is 1. The summed E-state index contributed by atoms with van der Waals surface area (Å²) in [5.74, 6) is 0.332. The molecule has 0 unspecified atom stereocenters. The molecule has 0 saturated carbocycles. The third-order valence-corrected chi connectivity index (χ3v) is 4.52. The summed E-state index contributed by atoms with van der Waals surface area (Å²) in [4.78, 5) is 25.6. The van der Waals surface area contributed by atoms with Gasteiger partial charge in [-0.1, -0.05) is 6.07 Å². The zero-order valence-corrected chi connectivity index (χ0v) is 14.1. The second-order valence-corrected chi connectivity index (χ2v) is 6.32. The minimum atomic E-state index is -0.0809. The van der Waals surface area contributed by atoms with Crippen molar-refractivity contribution in [2.24, 2.45) is 0 Å². The lowest BCUT2D eigenvalue weighted by molar-refractivity contribution is 0.0968.